The number of aliphatic hydroxyl groups excluding tert-OH is 2. The molecule has 8 heteroatoms. The molecule has 2 N–H and O–H groups in total. The summed E-state index contributed by atoms with van der Waals surface area (Å²) in [5, 5.41) is 17.3. The average Bonchev–Trinajstić information content (AvgIpc) is 2.23. The molecule has 2 unspecified atom stereocenters. The molecule has 0 amide bonds. The zero-order valence-electron chi connectivity index (χ0n) is 9.87. The summed E-state index contributed by atoms with van der Waals surface area (Å²) in [7, 11) is -3.46. The SMILES string of the molecule is CCCP(=O)([O-])CCC(=O)OCC(O)CO.[Al+3]. The summed E-state index contributed by atoms with van der Waals surface area (Å²) in [6.45, 7) is 0.940. The standard InChI is InChI=1S/C9H19O6P.Al/c1-2-4-16(13,14)5-3-9(12)15-7-8(11)6-10;/h8,10-11H,2-7H2,1H3,(H,13,14);/q;+3/p-1. The Morgan fingerprint density at radius 1 is 1.47 bits per heavy atom. The smallest absolute Gasteiger partial charge is 0.799 e. The first-order chi connectivity index (χ1) is 7.41. The molecule has 0 aliphatic rings. The molecule has 0 aliphatic heterocycles. The molecule has 0 saturated heterocycles. The van der Waals surface area contributed by atoms with Gasteiger partial charge in [-0.2, -0.15) is 0 Å². The van der Waals surface area contributed by atoms with Crippen molar-refractivity contribution >= 4 is 30.7 Å². The fourth-order valence-corrected chi connectivity index (χ4v) is 2.46. The van der Waals surface area contributed by atoms with Crippen LogP contribution in [0, 0.1) is 0 Å². The summed E-state index contributed by atoms with van der Waals surface area (Å²) < 4.78 is 15.8. The first-order valence-electron chi connectivity index (χ1n) is 5.15. The van der Waals surface area contributed by atoms with E-state index in [0.29, 0.717) is 6.42 Å². The van der Waals surface area contributed by atoms with E-state index in [1.807, 2.05) is 0 Å². The van der Waals surface area contributed by atoms with Crippen LogP contribution in [0.1, 0.15) is 19.8 Å². The Balaban J connectivity index is 0. The number of carbonyl (C=O) groups excluding carboxylic acids is 1. The molecule has 0 heterocycles. The second kappa shape index (κ2) is 10.1. The summed E-state index contributed by atoms with van der Waals surface area (Å²) in [4.78, 5) is 22.3. The van der Waals surface area contributed by atoms with Gasteiger partial charge in [-0.15, -0.1) is 0 Å². The zero-order chi connectivity index (χ0) is 12.6. The molecule has 0 radical (unpaired) electrons. The molecule has 17 heavy (non-hydrogen) atoms. The molecular formula is C9H18AlO6P+2. The fourth-order valence-electron chi connectivity index (χ4n) is 1.03. The molecule has 0 aromatic carbocycles. The van der Waals surface area contributed by atoms with Crippen LogP contribution < -0.4 is 4.89 Å². The molecule has 0 aromatic rings. The number of esters is 1. The number of hydrogen-bond donors (Lipinski definition) is 2. The van der Waals surface area contributed by atoms with Crippen LogP contribution >= 0.6 is 7.37 Å². The van der Waals surface area contributed by atoms with Crippen LogP contribution in [0.25, 0.3) is 0 Å². The average molecular weight is 280 g/mol. The monoisotopic (exact) mass is 280 g/mol. The van der Waals surface area contributed by atoms with Gasteiger partial charge in [-0.3, -0.25) is 4.79 Å². The predicted molar refractivity (Wildman–Crippen MR) is 62.1 cm³/mol. The Morgan fingerprint density at radius 2 is 2.06 bits per heavy atom. The number of ether oxygens (including phenoxy) is 1. The Bertz CT molecular complexity index is 260. The number of rotatable bonds is 8. The van der Waals surface area contributed by atoms with E-state index in [9.17, 15) is 14.3 Å². The van der Waals surface area contributed by atoms with Crippen molar-refractivity contribution in [1.82, 2.24) is 0 Å². The van der Waals surface area contributed by atoms with Crippen molar-refractivity contribution in [1.29, 1.82) is 0 Å². The zero-order valence-corrected chi connectivity index (χ0v) is 11.9. The van der Waals surface area contributed by atoms with Gasteiger partial charge in [0, 0.05) is 7.37 Å². The Hall–Kier alpha value is 0.112. The van der Waals surface area contributed by atoms with Gasteiger partial charge in [-0.05, 0) is 12.3 Å². The molecular weight excluding hydrogens is 262 g/mol. The minimum absolute atomic E-state index is 0. The molecule has 0 spiro atoms. The van der Waals surface area contributed by atoms with Crippen LogP contribution in [0.2, 0.25) is 0 Å². The van der Waals surface area contributed by atoms with Crippen molar-refractivity contribution in [2.45, 2.75) is 25.9 Å². The maximum Gasteiger partial charge on any atom is 3.00 e. The molecule has 2 atom stereocenters. The van der Waals surface area contributed by atoms with Crippen LogP contribution in [-0.4, -0.2) is 65.2 Å². The van der Waals surface area contributed by atoms with Crippen molar-refractivity contribution in [3.8, 4) is 0 Å². The minimum Gasteiger partial charge on any atom is -0.799 e. The van der Waals surface area contributed by atoms with Crippen molar-refractivity contribution in [3.63, 3.8) is 0 Å². The number of hydrogen-bond acceptors (Lipinski definition) is 6. The molecule has 0 aromatic heterocycles. The third-order valence-electron chi connectivity index (χ3n) is 1.87. The molecule has 0 fully saturated rings. The van der Waals surface area contributed by atoms with Crippen LogP contribution in [-0.2, 0) is 14.1 Å². The van der Waals surface area contributed by atoms with Crippen molar-refractivity contribution < 1.29 is 29.2 Å². The maximum atomic E-state index is 11.3. The van der Waals surface area contributed by atoms with Gasteiger partial charge in [0.1, 0.15) is 12.7 Å². The van der Waals surface area contributed by atoms with Crippen LogP contribution in [0.15, 0.2) is 0 Å². The van der Waals surface area contributed by atoms with E-state index in [4.69, 9.17) is 10.2 Å². The fraction of sp³-hybridized carbons (Fsp3) is 0.889. The van der Waals surface area contributed by atoms with Crippen LogP contribution in [0.5, 0.6) is 0 Å². The third-order valence-corrected chi connectivity index (χ3v) is 3.90. The Kier molecular flexibility index (Phi) is 11.5. The van der Waals surface area contributed by atoms with E-state index in [0.717, 1.165) is 0 Å². The Morgan fingerprint density at radius 3 is 2.53 bits per heavy atom. The normalized spacial score (nSPS) is 15.5. The molecule has 0 rings (SSSR count). The molecule has 0 bridgehead atoms. The van der Waals surface area contributed by atoms with E-state index in [1.54, 1.807) is 6.92 Å². The van der Waals surface area contributed by atoms with Gasteiger partial charge in [0.05, 0.1) is 13.0 Å². The van der Waals surface area contributed by atoms with Crippen molar-refractivity contribution in [2.75, 3.05) is 25.5 Å². The molecule has 0 aliphatic carbocycles. The maximum absolute atomic E-state index is 11.3. The number of aliphatic hydroxyl groups is 2. The molecule has 96 valence electrons. The topological polar surface area (TPSA) is 107 Å². The van der Waals surface area contributed by atoms with Gasteiger partial charge in [0.25, 0.3) is 0 Å². The molecule has 0 saturated carbocycles. The summed E-state index contributed by atoms with van der Waals surface area (Å²) in [5.41, 5.74) is 0. The summed E-state index contributed by atoms with van der Waals surface area (Å²) in [6.07, 6.45) is -0.925. The van der Waals surface area contributed by atoms with E-state index in [1.165, 1.54) is 0 Å². The predicted octanol–water partition coefficient (Wildman–Crippen LogP) is -1.06. The Labute approximate surface area is 112 Å². The minimum atomic E-state index is -3.46. The summed E-state index contributed by atoms with van der Waals surface area (Å²) >= 11 is 0. The summed E-state index contributed by atoms with van der Waals surface area (Å²) in [5.74, 6) is -0.681. The van der Waals surface area contributed by atoms with Crippen molar-refractivity contribution in [2.24, 2.45) is 0 Å². The summed E-state index contributed by atoms with van der Waals surface area (Å²) in [6, 6.07) is 0. The van der Waals surface area contributed by atoms with Crippen LogP contribution in [0.4, 0.5) is 0 Å². The van der Waals surface area contributed by atoms with E-state index in [2.05, 4.69) is 4.74 Å². The van der Waals surface area contributed by atoms with Gasteiger partial charge in [0.15, 0.2) is 0 Å². The third kappa shape index (κ3) is 11.0. The van der Waals surface area contributed by atoms with Gasteiger partial charge in [-0.25, -0.2) is 0 Å². The first kappa shape index (κ1) is 19.5. The first-order valence-corrected chi connectivity index (χ1v) is 7.14. The van der Waals surface area contributed by atoms with Crippen molar-refractivity contribution in [3.05, 3.63) is 0 Å². The largest absolute Gasteiger partial charge is 3.00 e. The van der Waals surface area contributed by atoms with E-state index in [-0.39, 0.29) is 42.7 Å². The van der Waals surface area contributed by atoms with E-state index < -0.39 is 26.0 Å². The molecule has 6 nitrogen and oxygen atoms in total. The second-order valence-electron chi connectivity index (χ2n) is 3.53. The van der Waals surface area contributed by atoms with Gasteiger partial charge in [-0.1, -0.05) is 13.3 Å². The number of carbonyl (C=O) groups is 1. The van der Waals surface area contributed by atoms with Gasteiger partial charge in [0.2, 0.25) is 0 Å². The van der Waals surface area contributed by atoms with Gasteiger partial charge >= 0.3 is 23.3 Å². The van der Waals surface area contributed by atoms with Crippen LogP contribution in [0.3, 0.4) is 0 Å². The quantitative estimate of drug-likeness (QED) is 0.333. The second-order valence-corrected chi connectivity index (χ2v) is 6.05. The van der Waals surface area contributed by atoms with E-state index >= 15 is 0 Å². The van der Waals surface area contributed by atoms with Gasteiger partial charge < -0.3 is 24.4 Å².